The maximum absolute atomic E-state index is 13.0. The highest BCUT2D eigenvalue weighted by Crippen LogP contribution is 2.26. The molecule has 0 N–H and O–H groups in total. The molecule has 0 spiro atoms. The molecule has 0 radical (unpaired) electrons. The summed E-state index contributed by atoms with van der Waals surface area (Å²) >= 11 is 0. The molecular weight excluding hydrogens is 448 g/mol. The predicted molar refractivity (Wildman–Crippen MR) is 123 cm³/mol. The maximum atomic E-state index is 13.0. The van der Waals surface area contributed by atoms with Crippen molar-refractivity contribution >= 4 is 34.8 Å². The second-order valence-corrected chi connectivity index (χ2v) is 11.3. The fourth-order valence-electron chi connectivity index (χ4n) is 3.23. The van der Waals surface area contributed by atoms with E-state index in [9.17, 15) is 22.4 Å². The van der Waals surface area contributed by atoms with Gasteiger partial charge in [-0.15, -0.1) is 4.79 Å². The van der Waals surface area contributed by atoms with Crippen LogP contribution in [-0.2, 0) is 19.7 Å². The van der Waals surface area contributed by atoms with Crippen molar-refractivity contribution < 1.29 is 26.4 Å². The number of unbranched alkanes of at least 4 members (excludes halogenated alkanes) is 3. The Morgan fingerprint density at radius 3 is 2.16 bits per heavy atom. The molecule has 3 rings (SSSR count). The van der Waals surface area contributed by atoms with E-state index in [0.29, 0.717) is 17.7 Å². The van der Waals surface area contributed by atoms with Crippen LogP contribution >= 0.6 is 0 Å². The molecule has 0 aliphatic heterocycles. The van der Waals surface area contributed by atoms with Gasteiger partial charge in [0.15, 0.2) is 0 Å². The third kappa shape index (κ3) is 5.07. The van der Waals surface area contributed by atoms with E-state index < -0.39 is 24.1 Å². The summed E-state index contributed by atoms with van der Waals surface area (Å²) < 4.78 is 56.0. The van der Waals surface area contributed by atoms with E-state index in [4.69, 9.17) is 4.74 Å². The average Bonchev–Trinajstić information content (AvgIpc) is 2.79. The van der Waals surface area contributed by atoms with E-state index in [1.165, 1.54) is 36.4 Å². The van der Waals surface area contributed by atoms with Crippen LogP contribution in [0, 0.1) is 0 Å². The number of rotatable bonds is 8. The van der Waals surface area contributed by atoms with Gasteiger partial charge in [0.25, 0.3) is 19.7 Å². The first-order chi connectivity index (χ1) is 15.3. The lowest BCUT2D eigenvalue weighted by molar-refractivity contribution is 0.00380. The van der Waals surface area contributed by atoms with Gasteiger partial charge < -0.3 is 10.3 Å². The van der Waals surface area contributed by atoms with Crippen molar-refractivity contribution in [1.82, 2.24) is 0 Å². The molecule has 0 aromatic heterocycles. The molecule has 0 heterocycles. The van der Waals surface area contributed by atoms with Crippen molar-refractivity contribution in [1.29, 1.82) is 0 Å². The van der Waals surface area contributed by atoms with Gasteiger partial charge >= 0.3 is 4.38 Å². The Balaban J connectivity index is 1.89. The largest absolute Gasteiger partial charge is 0.504 e. The predicted octanol–water partition coefficient (Wildman–Crippen LogP) is 4.63. The summed E-state index contributed by atoms with van der Waals surface area (Å²) in [6.45, 7) is 2.75. The average molecular weight is 473 g/mol. The molecule has 168 valence electrons. The SMILES string of the molecule is CCCCCCOc1ccc2cc(S(=O)(=O)C(=[N+]=[N-])S(=O)(=O)c3ccccc3)ccc2c1. The summed E-state index contributed by atoms with van der Waals surface area (Å²) in [7, 11) is -9.14. The minimum Gasteiger partial charge on any atom is -0.494 e. The Morgan fingerprint density at radius 2 is 1.47 bits per heavy atom. The van der Waals surface area contributed by atoms with Gasteiger partial charge in [0.05, 0.1) is 16.4 Å². The fourth-order valence-corrected chi connectivity index (χ4v) is 6.63. The summed E-state index contributed by atoms with van der Waals surface area (Å²) in [6, 6.07) is 16.4. The van der Waals surface area contributed by atoms with E-state index >= 15 is 0 Å². The first-order valence-electron chi connectivity index (χ1n) is 10.2. The number of nitrogens with zero attached hydrogens (tertiary/aromatic N) is 2. The Hall–Kier alpha value is -3.00. The van der Waals surface area contributed by atoms with Gasteiger partial charge in [0.1, 0.15) is 5.75 Å². The lowest BCUT2D eigenvalue weighted by Crippen LogP contribution is -2.26. The molecule has 3 aromatic carbocycles. The van der Waals surface area contributed by atoms with E-state index in [1.807, 2.05) is 0 Å². The topological polar surface area (TPSA) is 114 Å². The maximum Gasteiger partial charge on any atom is 0.504 e. The van der Waals surface area contributed by atoms with E-state index in [1.54, 1.807) is 30.3 Å². The Kier molecular flexibility index (Phi) is 7.45. The molecule has 0 aliphatic rings. The second-order valence-electron chi connectivity index (χ2n) is 7.27. The fraction of sp³-hybridized carbons (Fsp3) is 0.261. The van der Waals surface area contributed by atoms with Crippen molar-refractivity contribution in [2.75, 3.05) is 6.61 Å². The lowest BCUT2D eigenvalue weighted by Gasteiger charge is -2.08. The van der Waals surface area contributed by atoms with Gasteiger partial charge in [-0.05, 0) is 53.6 Å². The van der Waals surface area contributed by atoms with Gasteiger partial charge in [-0.3, -0.25) is 0 Å². The van der Waals surface area contributed by atoms with Gasteiger partial charge in [-0.2, -0.15) is 0 Å². The first-order valence-corrected chi connectivity index (χ1v) is 13.2. The zero-order valence-corrected chi connectivity index (χ0v) is 19.3. The van der Waals surface area contributed by atoms with E-state index in [0.717, 1.165) is 31.1 Å². The van der Waals surface area contributed by atoms with Crippen LogP contribution in [0.1, 0.15) is 32.6 Å². The number of sulfone groups is 2. The molecule has 0 amide bonds. The summed E-state index contributed by atoms with van der Waals surface area (Å²) in [5, 5.41) is 1.32. The quantitative estimate of drug-likeness (QED) is 0.156. The molecular formula is C23H24N2O5S2. The monoisotopic (exact) mass is 472 g/mol. The summed E-state index contributed by atoms with van der Waals surface area (Å²) in [6.07, 6.45) is 4.38. The highest BCUT2D eigenvalue weighted by molar-refractivity contribution is 8.31. The first kappa shape index (κ1) is 23.7. The molecule has 32 heavy (non-hydrogen) atoms. The van der Waals surface area contributed by atoms with Gasteiger partial charge in [-0.25, -0.2) is 16.8 Å². The van der Waals surface area contributed by atoms with Crippen LogP contribution in [0.4, 0.5) is 0 Å². The number of hydrogen-bond donors (Lipinski definition) is 0. The normalized spacial score (nSPS) is 11.8. The van der Waals surface area contributed by atoms with Crippen molar-refractivity contribution in [3.05, 3.63) is 72.3 Å². The van der Waals surface area contributed by atoms with Crippen molar-refractivity contribution in [3.63, 3.8) is 0 Å². The number of hydrogen-bond acceptors (Lipinski definition) is 5. The highest BCUT2D eigenvalue weighted by atomic mass is 32.3. The second kappa shape index (κ2) is 10.1. The summed E-state index contributed by atoms with van der Waals surface area (Å²) in [4.78, 5) is 2.09. The number of ether oxygens (including phenoxy) is 1. The standard InChI is InChI=1S/C23H24N2O5S2/c1-2-3-4-8-15-30-20-13-11-19-17-22(14-12-18(19)16-20)32(28,29)23(25-24)31(26,27)21-9-6-5-7-10-21/h5-7,9-14,16-17H,2-4,8,15H2,1H3. The van der Waals surface area contributed by atoms with Crippen LogP contribution in [0.3, 0.4) is 0 Å². The summed E-state index contributed by atoms with van der Waals surface area (Å²) in [5.74, 6) is 0.675. The Labute approximate surface area is 188 Å². The molecule has 9 heteroatoms. The van der Waals surface area contributed by atoms with E-state index in [2.05, 4.69) is 11.7 Å². The Bertz CT molecular complexity index is 1360. The Morgan fingerprint density at radius 1 is 0.812 bits per heavy atom. The highest BCUT2D eigenvalue weighted by Gasteiger charge is 2.43. The minimum atomic E-state index is -4.60. The van der Waals surface area contributed by atoms with Crippen LogP contribution in [-0.4, -0.2) is 32.6 Å². The zero-order chi connectivity index (χ0) is 23.2. The molecule has 0 atom stereocenters. The van der Waals surface area contributed by atoms with Gasteiger partial charge in [0, 0.05) is 0 Å². The molecule has 0 saturated carbocycles. The van der Waals surface area contributed by atoms with Crippen molar-refractivity contribution in [2.45, 2.75) is 42.4 Å². The minimum absolute atomic E-state index is 0.280. The van der Waals surface area contributed by atoms with Crippen LogP contribution in [0.15, 0.2) is 76.5 Å². The van der Waals surface area contributed by atoms with Crippen LogP contribution in [0.2, 0.25) is 0 Å². The molecule has 0 fully saturated rings. The molecule has 7 nitrogen and oxygen atoms in total. The third-order valence-corrected chi connectivity index (χ3v) is 9.12. The van der Waals surface area contributed by atoms with Gasteiger partial charge in [-0.1, -0.05) is 56.5 Å². The van der Waals surface area contributed by atoms with Crippen LogP contribution < -0.4 is 4.74 Å². The zero-order valence-electron chi connectivity index (χ0n) is 17.6. The molecule has 0 bridgehead atoms. The van der Waals surface area contributed by atoms with Crippen LogP contribution in [0.25, 0.3) is 16.3 Å². The smallest absolute Gasteiger partial charge is 0.494 e. The number of fused-ring (bicyclic) bond motifs is 1. The molecule has 0 unspecified atom stereocenters. The van der Waals surface area contributed by atoms with E-state index in [-0.39, 0.29) is 9.79 Å². The summed E-state index contributed by atoms with van der Waals surface area (Å²) in [5.41, 5.74) is 9.32. The number of benzene rings is 3. The third-order valence-electron chi connectivity index (χ3n) is 4.96. The van der Waals surface area contributed by atoms with Crippen molar-refractivity contribution in [2.24, 2.45) is 0 Å². The van der Waals surface area contributed by atoms with Gasteiger partial charge in [0.2, 0.25) is 0 Å². The van der Waals surface area contributed by atoms with Crippen LogP contribution in [0.5, 0.6) is 5.75 Å². The molecule has 0 saturated heterocycles. The molecule has 3 aromatic rings. The van der Waals surface area contributed by atoms with Crippen molar-refractivity contribution in [3.8, 4) is 5.75 Å². The molecule has 0 aliphatic carbocycles. The lowest BCUT2D eigenvalue weighted by atomic mass is 10.1.